The average molecular weight is 405 g/mol. The van der Waals surface area contributed by atoms with E-state index in [9.17, 15) is 13.2 Å². The van der Waals surface area contributed by atoms with Crippen molar-refractivity contribution in [2.75, 3.05) is 6.61 Å². The Morgan fingerprint density at radius 3 is 2.10 bits per heavy atom. The fourth-order valence-corrected chi connectivity index (χ4v) is 4.93. The van der Waals surface area contributed by atoms with E-state index in [0.29, 0.717) is 35.0 Å². The fraction of sp³-hybridized carbons (Fsp3) is 0.520. The molecule has 0 spiro atoms. The van der Waals surface area contributed by atoms with Crippen molar-refractivity contribution in [1.82, 2.24) is 0 Å². The summed E-state index contributed by atoms with van der Waals surface area (Å²) < 4.78 is 46.2. The van der Waals surface area contributed by atoms with Gasteiger partial charge in [0.15, 0.2) is 17.5 Å². The molecule has 0 N–H and O–H groups in total. The first-order valence-electron chi connectivity index (χ1n) is 10.8. The molecule has 158 valence electrons. The lowest BCUT2D eigenvalue weighted by molar-refractivity contribution is -0.0543. The smallest absolute Gasteiger partial charge is 0.194 e. The first-order chi connectivity index (χ1) is 14.0. The van der Waals surface area contributed by atoms with E-state index in [0.717, 1.165) is 25.2 Å². The third-order valence-electron chi connectivity index (χ3n) is 6.75. The van der Waals surface area contributed by atoms with E-state index < -0.39 is 17.5 Å². The van der Waals surface area contributed by atoms with Gasteiger partial charge in [-0.15, -0.1) is 0 Å². The Balaban J connectivity index is 0.00000256. The van der Waals surface area contributed by atoms with Gasteiger partial charge in [-0.25, -0.2) is 13.2 Å². The molecule has 4 heteroatoms. The third-order valence-corrected chi connectivity index (χ3v) is 6.75. The van der Waals surface area contributed by atoms with Gasteiger partial charge in [0, 0.05) is 8.03 Å². The molecule has 1 saturated heterocycles. The van der Waals surface area contributed by atoms with Crippen LogP contribution in [0.5, 0.6) is 0 Å². The van der Waals surface area contributed by atoms with E-state index in [1.807, 2.05) is 24.3 Å². The largest absolute Gasteiger partial charge is 0.378 e. The summed E-state index contributed by atoms with van der Waals surface area (Å²) in [7, 11) is 0. The van der Waals surface area contributed by atoms with Gasteiger partial charge in [-0.05, 0) is 91.5 Å². The van der Waals surface area contributed by atoms with Crippen molar-refractivity contribution >= 4 is 0 Å². The van der Waals surface area contributed by atoms with Crippen LogP contribution in [-0.2, 0) is 11.2 Å². The van der Waals surface area contributed by atoms with Gasteiger partial charge in [-0.2, -0.15) is 0 Å². The molecule has 2 atom stereocenters. The van der Waals surface area contributed by atoms with Gasteiger partial charge in [0.05, 0.1) is 6.10 Å². The minimum Gasteiger partial charge on any atom is -0.378 e. The lowest BCUT2D eigenvalue weighted by Gasteiger charge is -2.37. The topological polar surface area (TPSA) is 9.23 Å². The van der Waals surface area contributed by atoms with E-state index in [-0.39, 0.29) is 1.43 Å². The van der Waals surface area contributed by atoms with Crippen LogP contribution in [0.25, 0.3) is 11.1 Å². The predicted octanol–water partition coefficient (Wildman–Crippen LogP) is 7.18. The molecule has 2 unspecified atom stereocenters. The van der Waals surface area contributed by atoms with Crippen molar-refractivity contribution in [2.24, 2.45) is 17.8 Å². The molecule has 2 fully saturated rings. The van der Waals surface area contributed by atoms with Crippen LogP contribution < -0.4 is 0 Å². The predicted molar refractivity (Wildman–Crippen MR) is 111 cm³/mol. The lowest BCUT2D eigenvalue weighted by atomic mass is 9.75. The maximum atomic E-state index is 13.5. The Kier molecular flexibility index (Phi) is 6.29. The van der Waals surface area contributed by atoms with E-state index in [2.05, 4.69) is 6.92 Å². The molecule has 1 saturated carbocycles. The summed E-state index contributed by atoms with van der Waals surface area (Å²) in [6, 6.07) is 9.86. The van der Waals surface area contributed by atoms with Crippen molar-refractivity contribution in [3.05, 3.63) is 59.4 Å². The first-order valence-corrected chi connectivity index (χ1v) is 10.8. The number of hydrogen-bond acceptors (Lipinski definition) is 1. The van der Waals surface area contributed by atoms with Crippen LogP contribution in [0.15, 0.2) is 36.4 Å². The highest BCUT2D eigenvalue weighted by Gasteiger charge is 2.30. The minimum atomic E-state index is -1.42. The third kappa shape index (κ3) is 4.85. The standard InChI is InChI=1S/C25H29F3O.H2/c1-16-2-11-24(29-15-16)20-9-5-18(6-10-20)12-17-3-7-19(8-4-17)21-13-22(26)25(28)23(27)14-21;/h3-4,7-8,13-14,16,18,20,24H,2,5-6,9-12,15H2,1H3;1H. The second-order valence-electron chi connectivity index (χ2n) is 8.99. The molecular formula is C25H31F3O. The Morgan fingerprint density at radius 1 is 0.862 bits per heavy atom. The molecule has 1 nitrogen and oxygen atoms in total. The summed E-state index contributed by atoms with van der Waals surface area (Å²) in [4.78, 5) is 0. The zero-order valence-corrected chi connectivity index (χ0v) is 17.0. The van der Waals surface area contributed by atoms with E-state index >= 15 is 0 Å². The normalized spacial score (nSPS) is 27.7. The number of rotatable bonds is 4. The van der Waals surface area contributed by atoms with Crippen LogP contribution in [-0.4, -0.2) is 12.7 Å². The van der Waals surface area contributed by atoms with Crippen LogP contribution in [0.4, 0.5) is 13.2 Å². The maximum absolute atomic E-state index is 13.5. The quantitative estimate of drug-likeness (QED) is 0.490. The molecule has 2 aliphatic rings. The zero-order chi connectivity index (χ0) is 20.4. The molecule has 29 heavy (non-hydrogen) atoms. The van der Waals surface area contributed by atoms with E-state index in [1.54, 1.807) is 0 Å². The highest BCUT2D eigenvalue weighted by Crippen LogP contribution is 2.37. The van der Waals surface area contributed by atoms with E-state index in [1.165, 1.54) is 44.1 Å². The Bertz CT molecular complexity index is 800. The molecule has 0 radical (unpaired) electrons. The summed E-state index contributed by atoms with van der Waals surface area (Å²) in [5.41, 5.74) is 2.29. The molecule has 2 aromatic rings. The molecule has 2 aromatic carbocycles. The molecule has 0 aromatic heterocycles. The monoisotopic (exact) mass is 404 g/mol. The Morgan fingerprint density at radius 2 is 1.52 bits per heavy atom. The van der Waals surface area contributed by atoms with Crippen molar-refractivity contribution in [3.8, 4) is 11.1 Å². The zero-order valence-electron chi connectivity index (χ0n) is 17.0. The van der Waals surface area contributed by atoms with Crippen molar-refractivity contribution < 1.29 is 19.3 Å². The van der Waals surface area contributed by atoms with E-state index in [4.69, 9.17) is 4.74 Å². The number of hydrogen-bond donors (Lipinski definition) is 0. The number of halogens is 3. The molecule has 1 aliphatic heterocycles. The van der Waals surface area contributed by atoms with Crippen molar-refractivity contribution in [3.63, 3.8) is 0 Å². The second-order valence-corrected chi connectivity index (χ2v) is 8.99. The van der Waals surface area contributed by atoms with Gasteiger partial charge in [0.1, 0.15) is 0 Å². The molecule has 0 amide bonds. The summed E-state index contributed by atoms with van der Waals surface area (Å²) in [6.45, 7) is 3.18. The maximum Gasteiger partial charge on any atom is 0.194 e. The number of ether oxygens (including phenoxy) is 1. The molecule has 4 rings (SSSR count). The van der Waals surface area contributed by atoms with Crippen molar-refractivity contribution in [2.45, 2.75) is 58.0 Å². The summed E-state index contributed by atoms with van der Waals surface area (Å²) >= 11 is 0. The summed E-state index contributed by atoms with van der Waals surface area (Å²) in [5.74, 6) is -1.64. The SMILES string of the molecule is CC1CCC(C2CCC(Cc3ccc(-c4cc(F)c(F)c(F)c4)cc3)CC2)OC1.[HH]. The van der Waals surface area contributed by atoms with Gasteiger partial charge in [-0.1, -0.05) is 31.2 Å². The highest BCUT2D eigenvalue weighted by molar-refractivity contribution is 5.63. The van der Waals surface area contributed by atoms with Gasteiger partial charge in [-0.3, -0.25) is 0 Å². The minimum absolute atomic E-state index is 0. The van der Waals surface area contributed by atoms with Gasteiger partial charge in [0.25, 0.3) is 0 Å². The fourth-order valence-electron chi connectivity index (χ4n) is 4.93. The lowest BCUT2D eigenvalue weighted by Crippen LogP contribution is -2.33. The summed E-state index contributed by atoms with van der Waals surface area (Å²) in [5, 5.41) is 0. The average Bonchev–Trinajstić information content (AvgIpc) is 2.73. The number of benzene rings is 2. The molecule has 1 heterocycles. The van der Waals surface area contributed by atoms with Gasteiger partial charge >= 0.3 is 0 Å². The summed E-state index contributed by atoms with van der Waals surface area (Å²) in [6.07, 6.45) is 8.95. The molecule has 1 aliphatic carbocycles. The Labute approximate surface area is 172 Å². The van der Waals surface area contributed by atoms with Crippen LogP contribution in [0.2, 0.25) is 0 Å². The van der Waals surface area contributed by atoms with Crippen molar-refractivity contribution in [1.29, 1.82) is 0 Å². The first kappa shape index (κ1) is 20.5. The second kappa shape index (κ2) is 8.91. The Hall–Kier alpha value is -1.81. The van der Waals surface area contributed by atoms with Gasteiger partial charge < -0.3 is 4.74 Å². The molecule has 0 bridgehead atoms. The highest BCUT2D eigenvalue weighted by atomic mass is 19.2. The van der Waals surface area contributed by atoms with Crippen LogP contribution >= 0.6 is 0 Å². The van der Waals surface area contributed by atoms with Crippen LogP contribution in [0.1, 0.15) is 52.4 Å². The van der Waals surface area contributed by atoms with Crippen LogP contribution in [0.3, 0.4) is 0 Å². The molecular weight excluding hydrogens is 373 g/mol. The van der Waals surface area contributed by atoms with Gasteiger partial charge in [0.2, 0.25) is 0 Å². The van der Waals surface area contributed by atoms with Crippen LogP contribution in [0, 0.1) is 35.2 Å².